The SMILES string of the molecule is NNC(/C1=C/CCCCCC1)c1ccccn1. The van der Waals surface area contributed by atoms with Gasteiger partial charge in [-0.05, 0) is 37.8 Å². The van der Waals surface area contributed by atoms with Gasteiger partial charge in [-0.15, -0.1) is 0 Å². The van der Waals surface area contributed by atoms with Gasteiger partial charge in [0.25, 0.3) is 0 Å². The molecule has 0 radical (unpaired) electrons. The van der Waals surface area contributed by atoms with Gasteiger partial charge in [0.1, 0.15) is 0 Å². The van der Waals surface area contributed by atoms with Gasteiger partial charge in [0.2, 0.25) is 0 Å². The predicted molar refractivity (Wildman–Crippen MR) is 70.1 cm³/mol. The van der Waals surface area contributed by atoms with Crippen LogP contribution in [-0.4, -0.2) is 4.98 Å². The fraction of sp³-hybridized carbons (Fsp3) is 0.500. The van der Waals surface area contributed by atoms with Crippen LogP contribution < -0.4 is 11.3 Å². The fourth-order valence-electron chi connectivity index (χ4n) is 2.41. The zero-order valence-corrected chi connectivity index (χ0v) is 10.2. The Morgan fingerprint density at radius 2 is 2.06 bits per heavy atom. The molecule has 0 fully saturated rings. The minimum absolute atomic E-state index is 0.0781. The molecule has 1 aromatic heterocycles. The van der Waals surface area contributed by atoms with Crippen LogP contribution >= 0.6 is 0 Å². The molecule has 1 aromatic rings. The molecule has 0 bridgehead atoms. The average Bonchev–Trinajstić information content (AvgIpc) is 2.34. The lowest BCUT2D eigenvalue weighted by atomic mass is 9.93. The Morgan fingerprint density at radius 1 is 1.18 bits per heavy atom. The Kier molecular flexibility index (Phi) is 4.71. The largest absolute Gasteiger partial charge is 0.271 e. The number of aromatic nitrogens is 1. The van der Waals surface area contributed by atoms with E-state index in [9.17, 15) is 0 Å². The maximum atomic E-state index is 5.69. The molecule has 0 saturated carbocycles. The van der Waals surface area contributed by atoms with E-state index in [0.29, 0.717) is 0 Å². The summed E-state index contributed by atoms with van der Waals surface area (Å²) in [5.74, 6) is 5.69. The first-order valence-electron chi connectivity index (χ1n) is 6.48. The van der Waals surface area contributed by atoms with Crippen LogP contribution in [0.15, 0.2) is 36.0 Å². The minimum Gasteiger partial charge on any atom is -0.271 e. The second-order valence-corrected chi connectivity index (χ2v) is 4.59. The predicted octanol–water partition coefficient (Wildman–Crippen LogP) is 2.87. The molecule has 3 nitrogen and oxygen atoms in total. The van der Waals surface area contributed by atoms with E-state index in [1.165, 1.54) is 37.7 Å². The van der Waals surface area contributed by atoms with Crippen molar-refractivity contribution in [2.24, 2.45) is 5.84 Å². The molecule has 17 heavy (non-hydrogen) atoms. The van der Waals surface area contributed by atoms with Crippen molar-refractivity contribution >= 4 is 0 Å². The molecule has 1 unspecified atom stereocenters. The molecule has 0 amide bonds. The number of allylic oxidation sites excluding steroid dienone is 1. The van der Waals surface area contributed by atoms with Gasteiger partial charge in [0, 0.05) is 6.20 Å². The van der Waals surface area contributed by atoms with E-state index in [2.05, 4.69) is 16.5 Å². The highest BCUT2D eigenvalue weighted by atomic mass is 15.2. The first kappa shape index (κ1) is 12.3. The summed E-state index contributed by atoms with van der Waals surface area (Å²) in [4.78, 5) is 4.40. The highest BCUT2D eigenvalue weighted by Crippen LogP contribution is 2.26. The van der Waals surface area contributed by atoms with Crippen molar-refractivity contribution in [3.63, 3.8) is 0 Å². The van der Waals surface area contributed by atoms with Gasteiger partial charge in [-0.25, -0.2) is 5.43 Å². The third-order valence-corrected chi connectivity index (χ3v) is 3.35. The molecule has 1 aliphatic rings. The summed E-state index contributed by atoms with van der Waals surface area (Å²) in [6.07, 6.45) is 11.7. The summed E-state index contributed by atoms with van der Waals surface area (Å²) in [7, 11) is 0. The third kappa shape index (κ3) is 3.38. The first-order valence-corrected chi connectivity index (χ1v) is 6.48. The Bertz CT molecular complexity index is 359. The van der Waals surface area contributed by atoms with Crippen LogP contribution in [0, 0.1) is 0 Å². The lowest BCUT2D eigenvalue weighted by Crippen LogP contribution is -2.30. The van der Waals surface area contributed by atoms with Gasteiger partial charge < -0.3 is 0 Å². The van der Waals surface area contributed by atoms with Crippen LogP contribution in [0.25, 0.3) is 0 Å². The van der Waals surface area contributed by atoms with Crippen molar-refractivity contribution < 1.29 is 0 Å². The van der Waals surface area contributed by atoms with Crippen molar-refractivity contribution in [1.82, 2.24) is 10.4 Å². The highest BCUT2D eigenvalue weighted by molar-refractivity contribution is 5.22. The van der Waals surface area contributed by atoms with Crippen molar-refractivity contribution in [2.75, 3.05) is 0 Å². The molecular weight excluding hydrogens is 210 g/mol. The standard InChI is InChI=1S/C14H21N3/c15-17-14(13-10-6-7-11-16-13)12-8-4-2-1-3-5-9-12/h6-8,10-11,14,17H,1-5,9,15H2/b12-8+. The van der Waals surface area contributed by atoms with Crippen LogP contribution in [0.2, 0.25) is 0 Å². The lowest BCUT2D eigenvalue weighted by Gasteiger charge is -2.21. The van der Waals surface area contributed by atoms with Gasteiger partial charge >= 0.3 is 0 Å². The number of hydrogen-bond acceptors (Lipinski definition) is 3. The van der Waals surface area contributed by atoms with Crippen molar-refractivity contribution in [3.05, 3.63) is 41.7 Å². The van der Waals surface area contributed by atoms with E-state index < -0.39 is 0 Å². The molecular formula is C14H21N3. The molecule has 0 aromatic carbocycles. The Morgan fingerprint density at radius 3 is 2.82 bits per heavy atom. The molecule has 2 rings (SSSR count). The van der Waals surface area contributed by atoms with Crippen molar-refractivity contribution in [3.8, 4) is 0 Å². The average molecular weight is 231 g/mol. The quantitative estimate of drug-likeness (QED) is 0.478. The summed E-state index contributed by atoms with van der Waals surface area (Å²) < 4.78 is 0. The molecule has 0 saturated heterocycles. The van der Waals surface area contributed by atoms with E-state index in [4.69, 9.17) is 5.84 Å². The molecule has 0 aliphatic heterocycles. The molecule has 0 spiro atoms. The Balaban J connectivity index is 2.16. The maximum Gasteiger partial charge on any atom is 0.0841 e. The molecule has 1 heterocycles. The van der Waals surface area contributed by atoms with E-state index >= 15 is 0 Å². The normalized spacial score (nSPS) is 22.1. The van der Waals surface area contributed by atoms with Crippen LogP contribution in [0.5, 0.6) is 0 Å². The van der Waals surface area contributed by atoms with Gasteiger partial charge in [-0.3, -0.25) is 10.8 Å². The molecule has 1 aliphatic carbocycles. The van der Waals surface area contributed by atoms with Gasteiger partial charge in [0.05, 0.1) is 11.7 Å². The fourth-order valence-corrected chi connectivity index (χ4v) is 2.41. The van der Waals surface area contributed by atoms with Crippen molar-refractivity contribution in [1.29, 1.82) is 0 Å². The maximum absolute atomic E-state index is 5.69. The van der Waals surface area contributed by atoms with Crippen LogP contribution in [0.3, 0.4) is 0 Å². The minimum atomic E-state index is 0.0781. The second-order valence-electron chi connectivity index (χ2n) is 4.59. The summed E-state index contributed by atoms with van der Waals surface area (Å²) in [5, 5.41) is 0. The molecule has 3 heteroatoms. The zero-order valence-electron chi connectivity index (χ0n) is 10.2. The number of rotatable bonds is 3. The third-order valence-electron chi connectivity index (χ3n) is 3.35. The number of nitrogens with two attached hydrogens (primary N) is 1. The second kappa shape index (κ2) is 6.52. The van der Waals surface area contributed by atoms with E-state index in [-0.39, 0.29) is 6.04 Å². The summed E-state index contributed by atoms with van der Waals surface area (Å²) >= 11 is 0. The summed E-state index contributed by atoms with van der Waals surface area (Å²) in [6.45, 7) is 0. The summed E-state index contributed by atoms with van der Waals surface area (Å²) in [5.41, 5.74) is 5.32. The molecule has 1 atom stereocenters. The lowest BCUT2D eigenvalue weighted by molar-refractivity contribution is 0.547. The number of nitrogens with zero attached hydrogens (tertiary/aromatic N) is 1. The Hall–Kier alpha value is -1.19. The Labute approximate surface area is 103 Å². The zero-order chi connectivity index (χ0) is 11.9. The number of hydrazine groups is 1. The van der Waals surface area contributed by atoms with E-state index in [0.717, 1.165) is 12.1 Å². The molecule has 3 N–H and O–H groups in total. The molecule has 92 valence electrons. The number of pyridine rings is 1. The highest BCUT2D eigenvalue weighted by Gasteiger charge is 2.16. The van der Waals surface area contributed by atoms with Gasteiger partial charge in [-0.2, -0.15) is 0 Å². The van der Waals surface area contributed by atoms with E-state index in [1.807, 2.05) is 24.4 Å². The topological polar surface area (TPSA) is 50.9 Å². The van der Waals surface area contributed by atoms with E-state index in [1.54, 1.807) is 0 Å². The first-order chi connectivity index (χ1) is 8.42. The monoisotopic (exact) mass is 231 g/mol. The van der Waals surface area contributed by atoms with Gasteiger partial charge in [-0.1, -0.05) is 30.6 Å². The number of hydrogen-bond donors (Lipinski definition) is 2. The summed E-state index contributed by atoms with van der Waals surface area (Å²) in [6, 6.07) is 6.05. The number of nitrogens with one attached hydrogen (secondary N) is 1. The van der Waals surface area contributed by atoms with Crippen LogP contribution in [-0.2, 0) is 0 Å². The van der Waals surface area contributed by atoms with Crippen LogP contribution in [0.4, 0.5) is 0 Å². The smallest absolute Gasteiger partial charge is 0.0841 e. The van der Waals surface area contributed by atoms with Crippen LogP contribution in [0.1, 0.15) is 50.3 Å². The van der Waals surface area contributed by atoms with Crippen molar-refractivity contribution in [2.45, 2.75) is 44.6 Å². The van der Waals surface area contributed by atoms with Gasteiger partial charge in [0.15, 0.2) is 0 Å².